The van der Waals surface area contributed by atoms with Crippen molar-refractivity contribution in [3.63, 3.8) is 0 Å². The second-order valence-corrected chi connectivity index (χ2v) is 13.7. The van der Waals surface area contributed by atoms with Gasteiger partial charge in [-0.1, -0.05) is 59.6 Å². The first kappa shape index (κ1) is 36.8. The normalized spacial score (nSPS) is 14.8. The summed E-state index contributed by atoms with van der Waals surface area (Å²) < 4.78 is 7.08. The van der Waals surface area contributed by atoms with Gasteiger partial charge in [0.15, 0.2) is 0 Å². The van der Waals surface area contributed by atoms with Crippen molar-refractivity contribution >= 4 is 40.8 Å². The highest BCUT2D eigenvalue weighted by molar-refractivity contribution is 6.39. The van der Waals surface area contributed by atoms with Crippen LogP contribution in [0.15, 0.2) is 77.9 Å². The first-order valence-electron chi connectivity index (χ1n) is 16.7. The number of carboxylic acid groups (broad SMARTS) is 1. The summed E-state index contributed by atoms with van der Waals surface area (Å²) in [5, 5.41) is 23.2. The van der Waals surface area contributed by atoms with Crippen LogP contribution in [-0.2, 0) is 17.9 Å². The van der Waals surface area contributed by atoms with Crippen LogP contribution in [0.3, 0.4) is 0 Å². The number of rotatable bonds is 12. The number of carbonyl (C=O) groups is 2. The largest absolute Gasteiger partial charge is 0.481 e. The summed E-state index contributed by atoms with van der Waals surface area (Å²) in [4.78, 5) is 49.3. The number of nitrogens with one attached hydrogen (secondary N) is 1. The Kier molecular flexibility index (Phi) is 11.1. The second-order valence-electron chi connectivity index (χ2n) is 12.9. The van der Waals surface area contributed by atoms with Gasteiger partial charge in [0.2, 0.25) is 11.8 Å². The maximum atomic E-state index is 13.2. The molecule has 12 nitrogen and oxygen atoms in total. The number of methoxy groups -OCH3 is 1. The Hall–Kier alpha value is -5.01. The molecule has 1 fully saturated rings. The number of aliphatic hydroxyl groups is 1. The molecule has 1 aliphatic rings. The van der Waals surface area contributed by atoms with Crippen molar-refractivity contribution in [3.8, 4) is 39.4 Å². The molecule has 270 valence electrons. The SMILES string of the molecule is COc1nc(-c2cccc(-c3cccc(-c4ccn5c(=O)c(CN(C)C[C@H](C)O)cnc5c4)c3Cl)c2Cl)ccc1CN(C[C@@H]1CCC(=O)N1)C(=O)O. The summed E-state index contributed by atoms with van der Waals surface area (Å²) >= 11 is 14.1. The average Bonchev–Trinajstić information content (AvgIpc) is 3.53. The van der Waals surface area contributed by atoms with Gasteiger partial charge in [0.05, 0.1) is 41.1 Å². The molecule has 0 unspecified atom stereocenters. The van der Waals surface area contributed by atoms with Gasteiger partial charge in [0.1, 0.15) is 5.65 Å². The van der Waals surface area contributed by atoms with Crippen LogP contribution in [-0.4, -0.2) is 85.8 Å². The summed E-state index contributed by atoms with van der Waals surface area (Å²) in [5.41, 5.74) is 5.35. The molecule has 0 saturated carbocycles. The highest BCUT2D eigenvalue weighted by Crippen LogP contribution is 2.42. The first-order valence-corrected chi connectivity index (χ1v) is 17.4. The van der Waals surface area contributed by atoms with Crippen molar-refractivity contribution in [2.45, 2.75) is 45.0 Å². The van der Waals surface area contributed by atoms with Gasteiger partial charge >= 0.3 is 6.09 Å². The quantitative estimate of drug-likeness (QED) is 0.140. The monoisotopic (exact) mass is 744 g/mol. The minimum atomic E-state index is -1.11. The van der Waals surface area contributed by atoms with Gasteiger partial charge in [-0.25, -0.2) is 14.8 Å². The van der Waals surface area contributed by atoms with Crippen LogP contribution in [0.4, 0.5) is 4.79 Å². The fraction of sp³-hybridized carbons (Fsp3) is 0.289. The zero-order valence-corrected chi connectivity index (χ0v) is 30.4. The Bertz CT molecular complexity index is 2210. The van der Waals surface area contributed by atoms with E-state index in [1.165, 1.54) is 16.4 Å². The first-order chi connectivity index (χ1) is 24.9. The van der Waals surface area contributed by atoms with E-state index < -0.39 is 12.2 Å². The summed E-state index contributed by atoms with van der Waals surface area (Å²) in [5.74, 6) is 0.169. The van der Waals surface area contributed by atoms with Crippen LogP contribution in [0, 0.1) is 0 Å². The van der Waals surface area contributed by atoms with Gasteiger partial charge in [0, 0.05) is 72.3 Å². The Morgan fingerprint density at radius 2 is 1.71 bits per heavy atom. The van der Waals surface area contributed by atoms with Crippen LogP contribution in [0.5, 0.6) is 5.88 Å². The number of pyridine rings is 2. The molecule has 14 heteroatoms. The van der Waals surface area contributed by atoms with Crippen LogP contribution in [0.1, 0.15) is 30.9 Å². The summed E-state index contributed by atoms with van der Waals surface area (Å²) in [6, 6.07) is 18.1. The number of aliphatic hydroxyl groups excluding tert-OH is 1. The van der Waals surface area contributed by atoms with Crippen molar-refractivity contribution in [3.05, 3.63) is 105 Å². The van der Waals surface area contributed by atoms with E-state index in [-0.39, 0.29) is 36.5 Å². The fourth-order valence-corrected chi connectivity index (χ4v) is 7.17. The fourth-order valence-electron chi connectivity index (χ4n) is 6.51. The van der Waals surface area contributed by atoms with Gasteiger partial charge in [-0.3, -0.25) is 18.9 Å². The standard InChI is InChI=1S/C38H38Cl2N6O6/c1-22(47)18-44(2)19-25-17-41-32-16-23(14-15-46(32)37(25)49)27-6-4-7-28(34(27)39)29-8-5-9-30(35(29)40)31-12-10-24(36(43-31)52-3)20-45(38(50)51)21-26-11-13-33(48)42-26/h4-10,12,14-17,22,26,47H,11,13,18-21H2,1-3H3,(H,42,48)(H,50,51)/t22-,26-/m0/s1. The molecule has 0 aliphatic carbocycles. The third kappa shape index (κ3) is 7.90. The van der Waals surface area contributed by atoms with Crippen LogP contribution < -0.4 is 15.6 Å². The molecule has 2 atom stereocenters. The molecular weight excluding hydrogens is 707 g/mol. The number of fused-ring (bicyclic) bond motifs is 1. The molecule has 0 radical (unpaired) electrons. The number of hydrogen-bond acceptors (Lipinski definition) is 8. The lowest BCUT2D eigenvalue weighted by Gasteiger charge is -2.23. The Morgan fingerprint density at radius 3 is 2.37 bits per heavy atom. The molecule has 3 aromatic heterocycles. The molecule has 6 rings (SSSR count). The number of benzene rings is 2. The van der Waals surface area contributed by atoms with Crippen molar-refractivity contribution in [2.75, 3.05) is 27.2 Å². The van der Waals surface area contributed by atoms with Gasteiger partial charge in [0.25, 0.3) is 5.56 Å². The minimum absolute atomic E-state index is 0.0235. The van der Waals surface area contributed by atoms with Crippen molar-refractivity contribution in [2.24, 2.45) is 0 Å². The number of ether oxygens (including phenoxy) is 1. The zero-order valence-electron chi connectivity index (χ0n) is 28.8. The molecule has 3 N–H and O–H groups in total. The second kappa shape index (κ2) is 15.7. The lowest BCUT2D eigenvalue weighted by Crippen LogP contribution is -2.41. The van der Waals surface area contributed by atoms with Gasteiger partial charge in [-0.15, -0.1) is 0 Å². The van der Waals surface area contributed by atoms with E-state index in [1.807, 2.05) is 54.4 Å². The molecule has 52 heavy (non-hydrogen) atoms. The third-order valence-corrected chi connectivity index (χ3v) is 9.78. The minimum Gasteiger partial charge on any atom is -0.481 e. The van der Waals surface area contributed by atoms with E-state index >= 15 is 0 Å². The molecule has 0 spiro atoms. The highest BCUT2D eigenvalue weighted by atomic mass is 35.5. The topological polar surface area (TPSA) is 150 Å². The van der Waals surface area contributed by atoms with Crippen molar-refractivity contribution in [1.29, 1.82) is 0 Å². The number of halogens is 2. The molecule has 1 aliphatic heterocycles. The van der Waals surface area contributed by atoms with Crippen molar-refractivity contribution in [1.82, 2.24) is 29.5 Å². The molecule has 2 aromatic carbocycles. The number of likely N-dealkylation sites (N-methyl/N-ethyl adjacent to an activating group) is 1. The number of carbonyl (C=O) groups excluding carboxylic acids is 1. The van der Waals surface area contributed by atoms with E-state index in [4.69, 9.17) is 32.9 Å². The van der Waals surface area contributed by atoms with E-state index in [0.29, 0.717) is 75.1 Å². The van der Waals surface area contributed by atoms with Gasteiger partial charge in [-0.05, 0) is 50.2 Å². The number of hydrogen-bond donors (Lipinski definition) is 3. The maximum absolute atomic E-state index is 13.2. The molecule has 2 amide bonds. The molecule has 5 aromatic rings. The number of nitrogens with zero attached hydrogens (tertiary/aromatic N) is 5. The summed E-state index contributed by atoms with van der Waals surface area (Å²) in [6.07, 6.45) is 2.57. The highest BCUT2D eigenvalue weighted by Gasteiger charge is 2.26. The molecule has 4 heterocycles. The van der Waals surface area contributed by atoms with E-state index in [0.717, 1.165) is 11.1 Å². The van der Waals surface area contributed by atoms with E-state index in [9.17, 15) is 24.6 Å². The lowest BCUT2D eigenvalue weighted by atomic mass is 9.97. The Balaban J connectivity index is 1.28. The third-order valence-electron chi connectivity index (χ3n) is 8.96. The average molecular weight is 746 g/mol. The zero-order chi connectivity index (χ0) is 37.1. The number of amides is 2. The summed E-state index contributed by atoms with van der Waals surface area (Å²) in [6.45, 7) is 2.66. The Morgan fingerprint density at radius 1 is 1.02 bits per heavy atom. The van der Waals surface area contributed by atoms with E-state index in [2.05, 4.69) is 10.3 Å². The lowest BCUT2D eigenvalue weighted by molar-refractivity contribution is -0.119. The van der Waals surface area contributed by atoms with E-state index in [1.54, 1.807) is 37.5 Å². The van der Waals surface area contributed by atoms with Crippen LogP contribution >= 0.6 is 23.2 Å². The van der Waals surface area contributed by atoms with Crippen LogP contribution in [0.2, 0.25) is 10.0 Å². The summed E-state index contributed by atoms with van der Waals surface area (Å²) in [7, 11) is 3.31. The smallest absolute Gasteiger partial charge is 0.407 e. The molecule has 0 bridgehead atoms. The maximum Gasteiger partial charge on any atom is 0.407 e. The van der Waals surface area contributed by atoms with Gasteiger partial charge < -0.3 is 25.2 Å². The number of aromatic nitrogens is 3. The molecule has 1 saturated heterocycles. The van der Waals surface area contributed by atoms with Gasteiger partial charge in [-0.2, -0.15) is 0 Å². The van der Waals surface area contributed by atoms with Crippen LogP contribution in [0.25, 0.3) is 39.2 Å². The predicted octanol–water partition coefficient (Wildman–Crippen LogP) is 5.98. The Labute approximate surface area is 310 Å². The molecular formula is C38H38Cl2N6O6. The predicted molar refractivity (Wildman–Crippen MR) is 200 cm³/mol. The van der Waals surface area contributed by atoms with Crippen molar-refractivity contribution < 1.29 is 24.5 Å².